The van der Waals surface area contributed by atoms with Gasteiger partial charge in [-0.15, -0.1) is 5.10 Å². The first-order valence-electron chi connectivity index (χ1n) is 7.64. The number of aromatic nitrogens is 3. The monoisotopic (exact) mass is 431 g/mol. The summed E-state index contributed by atoms with van der Waals surface area (Å²) in [5.74, 6) is -0.777. The molecule has 0 spiro atoms. The van der Waals surface area contributed by atoms with Crippen molar-refractivity contribution in [3.63, 3.8) is 0 Å². The number of halogens is 3. The SMILES string of the molecule is N#Cc1nn(-c2cc(Cl)c(C(C#N)c3ccc(Cl)cc3)c(Cl)c2)c(=O)[nH]c1=O. The predicted octanol–water partition coefficient (Wildman–Crippen LogP) is 3.41. The molecule has 1 aromatic heterocycles. The van der Waals surface area contributed by atoms with Crippen LogP contribution in [0.15, 0.2) is 46.0 Å². The fourth-order valence-corrected chi connectivity index (χ4v) is 3.40. The van der Waals surface area contributed by atoms with Crippen LogP contribution >= 0.6 is 34.8 Å². The zero-order chi connectivity index (χ0) is 20.4. The Morgan fingerprint density at radius 1 is 1.04 bits per heavy atom. The molecule has 1 heterocycles. The average molecular weight is 433 g/mol. The maximum atomic E-state index is 12.0. The molecular weight excluding hydrogens is 425 g/mol. The molecule has 0 fully saturated rings. The van der Waals surface area contributed by atoms with E-state index in [9.17, 15) is 14.9 Å². The predicted molar refractivity (Wildman–Crippen MR) is 104 cm³/mol. The molecule has 0 amide bonds. The molecule has 0 aliphatic heterocycles. The molecule has 3 rings (SSSR count). The molecule has 138 valence electrons. The molecule has 0 aliphatic carbocycles. The Kier molecular flexibility index (Phi) is 5.53. The minimum absolute atomic E-state index is 0.113. The molecule has 1 atom stereocenters. The van der Waals surface area contributed by atoms with Crippen LogP contribution < -0.4 is 11.2 Å². The maximum absolute atomic E-state index is 12.0. The van der Waals surface area contributed by atoms with Gasteiger partial charge in [0.15, 0.2) is 0 Å². The van der Waals surface area contributed by atoms with Crippen LogP contribution in [0.3, 0.4) is 0 Å². The largest absolute Gasteiger partial charge is 0.349 e. The Labute approximate surface area is 172 Å². The van der Waals surface area contributed by atoms with E-state index < -0.39 is 22.9 Å². The Morgan fingerprint density at radius 2 is 1.64 bits per heavy atom. The summed E-state index contributed by atoms with van der Waals surface area (Å²) >= 11 is 18.6. The van der Waals surface area contributed by atoms with Gasteiger partial charge in [-0.1, -0.05) is 46.9 Å². The van der Waals surface area contributed by atoms with Crippen molar-refractivity contribution in [3.05, 3.63) is 89.1 Å². The van der Waals surface area contributed by atoms with Gasteiger partial charge in [0.05, 0.1) is 17.7 Å². The standard InChI is InChI=1S/C18H8Cl3N5O2/c19-10-3-1-9(2-4-10)12(7-22)16-13(20)5-11(6-14(16)21)26-18(28)24-17(27)15(8-23)25-26/h1-6,12H,(H,24,27,28). The summed E-state index contributed by atoms with van der Waals surface area (Å²) in [6.45, 7) is 0. The highest BCUT2D eigenvalue weighted by atomic mass is 35.5. The normalized spacial score (nSPS) is 11.5. The highest BCUT2D eigenvalue weighted by Gasteiger charge is 2.22. The second-order valence-electron chi connectivity index (χ2n) is 5.57. The van der Waals surface area contributed by atoms with Gasteiger partial charge in [0.1, 0.15) is 6.07 Å². The highest BCUT2D eigenvalue weighted by molar-refractivity contribution is 6.36. The molecule has 0 bridgehead atoms. The van der Waals surface area contributed by atoms with Crippen LogP contribution in [-0.4, -0.2) is 14.8 Å². The molecule has 0 radical (unpaired) electrons. The van der Waals surface area contributed by atoms with Gasteiger partial charge in [-0.05, 0) is 29.8 Å². The summed E-state index contributed by atoms with van der Waals surface area (Å²) < 4.78 is 0.797. The van der Waals surface area contributed by atoms with E-state index in [2.05, 4.69) is 11.2 Å². The van der Waals surface area contributed by atoms with Gasteiger partial charge >= 0.3 is 5.69 Å². The maximum Gasteiger partial charge on any atom is 0.349 e. The molecule has 2 aromatic carbocycles. The zero-order valence-electron chi connectivity index (χ0n) is 13.8. The van der Waals surface area contributed by atoms with E-state index in [1.165, 1.54) is 12.1 Å². The lowest BCUT2D eigenvalue weighted by atomic mass is 9.92. The van der Waals surface area contributed by atoms with Crippen LogP contribution in [0.2, 0.25) is 15.1 Å². The molecule has 0 saturated carbocycles. The fourth-order valence-electron chi connectivity index (χ4n) is 2.58. The van der Waals surface area contributed by atoms with Gasteiger partial charge in [0, 0.05) is 20.6 Å². The van der Waals surface area contributed by atoms with Crippen molar-refractivity contribution < 1.29 is 0 Å². The van der Waals surface area contributed by atoms with Crippen LogP contribution in [0, 0.1) is 22.7 Å². The number of H-pyrrole nitrogens is 1. The molecule has 10 heteroatoms. The van der Waals surface area contributed by atoms with E-state index in [1.54, 1.807) is 30.3 Å². The van der Waals surface area contributed by atoms with E-state index in [0.29, 0.717) is 16.1 Å². The van der Waals surface area contributed by atoms with Crippen molar-refractivity contribution in [2.24, 2.45) is 0 Å². The Hall–Kier alpha value is -3.10. The average Bonchev–Trinajstić information content (AvgIpc) is 2.65. The second-order valence-corrected chi connectivity index (χ2v) is 6.82. The summed E-state index contributed by atoms with van der Waals surface area (Å²) in [5.41, 5.74) is -1.15. The highest BCUT2D eigenvalue weighted by Crippen LogP contribution is 2.37. The third-order valence-corrected chi connectivity index (χ3v) is 4.74. The summed E-state index contributed by atoms with van der Waals surface area (Å²) in [6, 6.07) is 13.1. The van der Waals surface area contributed by atoms with Crippen molar-refractivity contribution in [2.45, 2.75) is 5.92 Å². The molecule has 28 heavy (non-hydrogen) atoms. The van der Waals surface area contributed by atoms with E-state index in [0.717, 1.165) is 4.68 Å². The summed E-state index contributed by atoms with van der Waals surface area (Å²) in [5, 5.41) is 23.0. The molecule has 1 unspecified atom stereocenters. The van der Waals surface area contributed by atoms with Gasteiger partial charge in [-0.25, -0.2) is 4.79 Å². The third-order valence-electron chi connectivity index (χ3n) is 3.86. The summed E-state index contributed by atoms with van der Waals surface area (Å²) in [6.07, 6.45) is 0. The molecule has 3 aromatic rings. The molecule has 7 nitrogen and oxygen atoms in total. The Bertz CT molecular complexity index is 1240. The summed E-state index contributed by atoms with van der Waals surface area (Å²) in [4.78, 5) is 25.5. The molecular formula is C18H8Cl3N5O2. The lowest BCUT2D eigenvalue weighted by Crippen LogP contribution is -2.33. The van der Waals surface area contributed by atoms with E-state index in [1.807, 2.05) is 4.98 Å². The van der Waals surface area contributed by atoms with E-state index in [-0.39, 0.29) is 15.7 Å². The molecule has 1 N–H and O–H groups in total. The van der Waals surface area contributed by atoms with Crippen molar-refractivity contribution in [2.75, 3.05) is 0 Å². The Morgan fingerprint density at radius 3 is 2.18 bits per heavy atom. The number of nitriles is 2. The van der Waals surface area contributed by atoms with Crippen molar-refractivity contribution in [3.8, 4) is 17.8 Å². The first-order chi connectivity index (χ1) is 13.3. The van der Waals surface area contributed by atoms with E-state index >= 15 is 0 Å². The van der Waals surface area contributed by atoms with Crippen molar-refractivity contribution in [1.82, 2.24) is 14.8 Å². The van der Waals surface area contributed by atoms with Gasteiger partial charge < -0.3 is 0 Å². The topological polar surface area (TPSA) is 115 Å². The van der Waals surface area contributed by atoms with Crippen molar-refractivity contribution >= 4 is 34.8 Å². The number of aromatic amines is 1. The smallest absolute Gasteiger partial charge is 0.270 e. The minimum Gasteiger partial charge on any atom is -0.270 e. The van der Waals surface area contributed by atoms with Crippen LogP contribution in [0.1, 0.15) is 22.7 Å². The van der Waals surface area contributed by atoms with E-state index in [4.69, 9.17) is 40.1 Å². The van der Waals surface area contributed by atoms with Gasteiger partial charge in [0.2, 0.25) is 5.69 Å². The molecule has 0 saturated heterocycles. The summed E-state index contributed by atoms with van der Waals surface area (Å²) in [7, 11) is 0. The number of benzene rings is 2. The second kappa shape index (κ2) is 7.87. The first-order valence-corrected chi connectivity index (χ1v) is 8.77. The lowest BCUT2D eigenvalue weighted by molar-refractivity contribution is 0.740. The number of nitrogens with zero attached hydrogens (tertiary/aromatic N) is 4. The first kappa shape index (κ1) is 19.7. The quantitative estimate of drug-likeness (QED) is 0.681. The number of hydrogen-bond acceptors (Lipinski definition) is 5. The fraction of sp³-hybridized carbons (Fsp3) is 0.0556. The van der Waals surface area contributed by atoms with Gasteiger partial charge in [0.25, 0.3) is 5.56 Å². The van der Waals surface area contributed by atoms with Crippen LogP contribution in [0.4, 0.5) is 0 Å². The van der Waals surface area contributed by atoms with Gasteiger partial charge in [-0.2, -0.15) is 15.2 Å². The molecule has 0 aliphatic rings. The minimum atomic E-state index is -0.898. The van der Waals surface area contributed by atoms with Crippen LogP contribution in [0.25, 0.3) is 5.69 Å². The van der Waals surface area contributed by atoms with Crippen molar-refractivity contribution in [1.29, 1.82) is 10.5 Å². The zero-order valence-corrected chi connectivity index (χ0v) is 16.0. The van der Waals surface area contributed by atoms with Crippen LogP contribution in [-0.2, 0) is 0 Å². The number of rotatable bonds is 3. The van der Waals surface area contributed by atoms with Crippen LogP contribution in [0.5, 0.6) is 0 Å². The number of hydrogen-bond donors (Lipinski definition) is 1. The third kappa shape index (κ3) is 3.64. The Balaban J connectivity index is 2.16. The lowest BCUT2D eigenvalue weighted by Gasteiger charge is -2.15. The van der Waals surface area contributed by atoms with Gasteiger partial charge in [-0.3, -0.25) is 9.78 Å². The number of nitrogens with one attached hydrogen (secondary N) is 1.